The quantitative estimate of drug-likeness (QED) is 0.572. The van der Waals surface area contributed by atoms with Gasteiger partial charge in [-0.3, -0.25) is 4.98 Å². The fraction of sp³-hybridized carbons (Fsp3) is 0.455. The third-order valence-electron chi connectivity index (χ3n) is 5.70. The van der Waals surface area contributed by atoms with Crippen molar-refractivity contribution < 1.29 is 14.2 Å². The Morgan fingerprint density at radius 2 is 2.17 bits per heavy atom. The standard InChI is InChI=1S/C22H25N3O3S/c1-15-19(14-29-21-24-17-5-2-3-6-18(17)25-21)23-11-7-20(15)26-12-8-16-13-27-22(28-16)9-4-10-22/h2-3,5-7,11,16H,4,8-10,12-14H2,1H3,(H,24,25). The van der Waals surface area contributed by atoms with Gasteiger partial charge >= 0.3 is 0 Å². The number of aromatic amines is 1. The summed E-state index contributed by atoms with van der Waals surface area (Å²) in [5.41, 5.74) is 4.13. The molecule has 7 heteroatoms. The number of rotatable bonds is 7. The molecule has 0 radical (unpaired) electrons. The van der Waals surface area contributed by atoms with E-state index in [1.54, 1.807) is 11.8 Å². The molecule has 5 rings (SSSR count). The van der Waals surface area contributed by atoms with E-state index in [4.69, 9.17) is 14.2 Å². The van der Waals surface area contributed by atoms with Crippen molar-refractivity contribution in [2.75, 3.05) is 13.2 Å². The fourth-order valence-corrected chi connectivity index (χ4v) is 4.69. The molecular formula is C22H25N3O3S. The van der Waals surface area contributed by atoms with Crippen LogP contribution < -0.4 is 4.74 Å². The highest BCUT2D eigenvalue weighted by Crippen LogP contribution is 2.42. The summed E-state index contributed by atoms with van der Waals surface area (Å²) in [5.74, 6) is 1.36. The summed E-state index contributed by atoms with van der Waals surface area (Å²) in [6, 6.07) is 10.00. The number of pyridine rings is 1. The molecule has 1 aliphatic carbocycles. The summed E-state index contributed by atoms with van der Waals surface area (Å²) in [5, 5.41) is 0.905. The number of ether oxygens (including phenoxy) is 3. The Bertz CT molecular complexity index is 969. The predicted octanol–water partition coefficient (Wildman–Crippen LogP) is 4.62. The minimum Gasteiger partial charge on any atom is -0.493 e. The van der Waals surface area contributed by atoms with E-state index in [0.717, 1.165) is 58.2 Å². The first kappa shape index (κ1) is 18.9. The molecule has 29 heavy (non-hydrogen) atoms. The predicted molar refractivity (Wildman–Crippen MR) is 112 cm³/mol. The van der Waals surface area contributed by atoms with Crippen molar-refractivity contribution >= 4 is 22.8 Å². The number of benzene rings is 1. The van der Waals surface area contributed by atoms with E-state index in [1.807, 2.05) is 36.5 Å². The number of para-hydroxylation sites is 2. The molecule has 1 saturated carbocycles. The summed E-state index contributed by atoms with van der Waals surface area (Å²) < 4.78 is 17.9. The first-order valence-corrected chi connectivity index (χ1v) is 11.2. The lowest BCUT2D eigenvalue weighted by molar-refractivity contribution is -0.216. The molecule has 1 saturated heterocycles. The van der Waals surface area contributed by atoms with Crippen LogP contribution in [0.1, 0.15) is 36.9 Å². The van der Waals surface area contributed by atoms with E-state index < -0.39 is 0 Å². The highest BCUT2D eigenvalue weighted by molar-refractivity contribution is 7.98. The fourth-order valence-electron chi connectivity index (χ4n) is 3.78. The Labute approximate surface area is 174 Å². The van der Waals surface area contributed by atoms with E-state index in [1.165, 1.54) is 6.42 Å². The molecule has 2 fully saturated rings. The van der Waals surface area contributed by atoms with Crippen LogP contribution in [0.4, 0.5) is 0 Å². The third kappa shape index (κ3) is 3.99. The van der Waals surface area contributed by atoms with Gasteiger partial charge in [-0.15, -0.1) is 0 Å². The number of thioether (sulfide) groups is 1. The van der Waals surface area contributed by atoms with Crippen LogP contribution in [0, 0.1) is 6.92 Å². The average molecular weight is 412 g/mol. The summed E-state index contributed by atoms with van der Waals surface area (Å²) in [6.45, 7) is 3.36. The van der Waals surface area contributed by atoms with Crippen LogP contribution in [-0.2, 0) is 15.2 Å². The lowest BCUT2D eigenvalue weighted by atomic mass is 9.91. The minimum absolute atomic E-state index is 0.139. The number of aromatic nitrogens is 3. The van der Waals surface area contributed by atoms with E-state index in [0.29, 0.717) is 13.2 Å². The van der Waals surface area contributed by atoms with Gasteiger partial charge in [-0.2, -0.15) is 0 Å². The highest BCUT2D eigenvalue weighted by atomic mass is 32.2. The Balaban J connectivity index is 1.16. The Morgan fingerprint density at radius 3 is 2.97 bits per heavy atom. The second-order valence-corrected chi connectivity index (χ2v) is 8.64. The van der Waals surface area contributed by atoms with Crippen LogP contribution in [0.2, 0.25) is 0 Å². The molecule has 1 atom stereocenters. The topological polar surface area (TPSA) is 69.3 Å². The van der Waals surface area contributed by atoms with Gasteiger partial charge in [0.15, 0.2) is 10.9 Å². The van der Waals surface area contributed by atoms with Crippen LogP contribution in [-0.4, -0.2) is 40.1 Å². The number of nitrogens with zero attached hydrogens (tertiary/aromatic N) is 2. The van der Waals surface area contributed by atoms with Crippen molar-refractivity contribution in [3.05, 3.63) is 47.8 Å². The first-order valence-electron chi connectivity index (χ1n) is 10.2. The molecule has 6 nitrogen and oxygen atoms in total. The minimum atomic E-state index is -0.266. The van der Waals surface area contributed by atoms with Crippen molar-refractivity contribution in [2.24, 2.45) is 0 Å². The van der Waals surface area contributed by atoms with Crippen molar-refractivity contribution in [1.82, 2.24) is 15.0 Å². The van der Waals surface area contributed by atoms with Crippen LogP contribution in [0.3, 0.4) is 0 Å². The largest absolute Gasteiger partial charge is 0.493 e. The lowest BCUT2D eigenvalue weighted by Gasteiger charge is -2.36. The zero-order chi connectivity index (χ0) is 19.7. The number of imidazole rings is 1. The van der Waals surface area contributed by atoms with Crippen molar-refractivity contribution in [1.29, 1.82) is 0 Å². The molecule has 152 valence electrons. The smallest absolute Gasteiger partial charge is 0.168 e. The maximum absolute atomic E-state index is 6.06. The van der Waals surface area contributed by atoms with Gasteiger partial charge in [-0.05, 0) is 31.5 Å². The molecule has 2 aromatic heterocycles. The molecule has 1 spiro atoms. The van der Waals surface area contributed by atoms with Gasteiger partial charge in [0.2, 0.25) is 0 Å². The van der Waals surface area contributed by atoms with Crippen LogP contribution in [0.5, 0.6) is 5.75 Å². The van der Waals surface area contributed by atoms with E-state index in [2.05, 4.69) is 21.9 Å². The van der Waals surface area contributed by atoms with Gasteiger partial charge in [-0.25, -0.2) is 4.98 Å². The summed E-state index contributed by atoms with van der Waals surface area (Å²) in [6.07, 6.45) is 6.05. The van der Waals surface area contributed by atoms with Crippen LogP contribution >= 0.6 is 11.8 Å². The first-order chi connectivity index (χ1) is 14.2. The van der Waals surface area contributed by atoms with Gasteiger partial charge in [0.1, 0.15) is 5.75 Å². The zero-order valence-corrected chi connectivity index (χ0v) is 17.3. The molecule has 1 unspecified atom stereocenters. The molecule has 3 aromatic rings. The van der Waals surface area contributed by atoms with E-state index in [-0.39, 0.29) is 11.9 Å². The van der Waals surface area contributed by atoms with Gasteiger partial charge in [-0.1, -0.05) is 23.9 Å². The zero-order valence-electron chi connectivity index (χ0n) is 16.5. The van der Waals surface area contributed by atoms with Gasteiger partial charge in [0.05, 0.1) is 36.0 Å². The molecule has 3 heterocycles. The number of hydrogen-bond donors (Lipinski definition) is 1. The molecule has 1 aromatic carbocycles. The highest BCUT2D eigenvalue weighted by Gasteiger charge is 2.46. The molecule has 0 bridgehead atoms. The van der Waals surface area contributed by atoms with E-state index >= 15 is 0 Å². The average Bonchev–Trinajstić information content (AvgIpc) is 3.32. The third-order valence-corrected chi connectivity index (χ3v) is 6.58. The van der Waals surface area contributed by atoms with Crippen LogP contribution in [0.25, 0.3) is 11.0 Å². The molecule has 0 amide bonds. The number of H-pyrrole nitrogens is 1. The maximum Gasteiger partial charge on any atom is 0.168 e. The second kappa shape index (κ2) is 7.97. The Kier molecular flexibility index (Phi) is 5.20. The van der Waals surface area contributed by atoms with Crippen LogP contribution in [0.15, 0.2) is 41.7 Å². The monoisotopic (exact) mass is 411 g/mol. The second-order valence-electron chi connectivity index (χ2n) is 7.68. The molecule has 2 aliphatic rings. The number of nitrogens with one attached hydrogen (secondary N) is 1. The summed E-state index contributed by atoms with van der Waals surface area (Å²) in [7, 11) is 0. The SMILES string of the molecule is Cc1c(OCCC2COC3(CCC3)O2)ccnc1CSc1nc2ccccc2[nH]1. The summed E-state index contributed by atoms with van der Waals surface area (Å²) in [4.78, 5) is 12.5. The van der Waals surface area contributed by atoms with E-state index in [9.17, 15) is 0 Å². The van der Waals surface area contributed by atoms with Crippen molar-refractivity contribution in [3.63, 3.8) is 0 Å². The maximum atomic E-state index is 6.06. The molecule has 1 aliphatic heterocycles. The number of hydrogen-bond acceptors (Lipinski definition) is 6. The lowest BCUT2D eigenvalue weighted by Crippen LogP contribution is -2.38. The van der Waals surface area contributed by atoms with Gasteiger partial charge in [0, 0.05) is 36.8 Å². The normalized spacial score (nSPS) is 20.2. The Hall–Kier alpha value is -2.09. The molecular weight excluding hydrogens is 386 g/mol. The number of fused-ring (bicyclic) bond motifs is 1. The van der Waals surface area contributed by atoms with Gasteiger partial charge < -0.3 is 19.2 Å². The van der Waals surface area contributed by atoms with Gasteiger partial charge in [0.25, 0.3) is 0 Å². The van der Waals surface area contributed by atoms with Crippen molar-refractivity contribution in [2.45, 2.75) is 55.4 Å². The Morgan fingerprint density at radius 1 is 1.28 bits per heavy atom. The van der Waals surface area contributed by atoms with Crippen molar-refractivity contribution in [3.8, 4) is 5.75 Å². The molecule has 1 N–H and O–H groups in total. The summed E-state index contributed by atoms with van der Waals surface area (Å²) >= 11 is 1.65.